The number of benzene rings is 1. The van der Waals surface area contributed by atoms with Gasteiger partial charge in [0, 0.05) is 17.1 Å². The van der Waals surface area contributed by atoms with Gasteiger partial charge in [-0.1, -0.05) is 15.9 Å². The summed E-state index contributed by atoms with van der Waals surface area (Å²) < 4.78 is 32.6. The zero-order valence-electron chi connectivity index (χ0n) is 11.7. The maximum Gasteiger partial charge on any atom is 0.277 e. The molecule has 0 aliphatic carbocycles. The second-order valence-electron chi connectivity index (χ2n) is 4.35. The Labute approximate surface area is 131 Å². The van der Waals surface area contributed by atoms with Crippen molar-refractivity contribution in [1.82, 2.24) is 0 Å². The minimum atomic E-state index is -3.05. The zero-order chi connectivity index (χ0) is 16.0. The molecule has 0 fully saturated rings. The molecule has 0 aliphatic heterocycles. The lowest BCUT2D eigenvalue weighted by molar-refractivity contribution is -0.385. The molecule has 0 unspecified atom stereocenters. The van der Waals surface area contributed by atoms with E-state index in [4.69, 9.17) is 9.47 Å². The smallest absolute Gasteiger partial charge is 0.277 e. The van der Waals surface area contributed by atoms with Gasteiger partial charge >= 0.3 is 0 Å². The van der Waals surface area contributed by atoms with Crippen molar-refractivity contribution in [2.75, 3.05) is 25.7 Å². The first-order chi connectivity index (χ1) is 9.78. The van der Waals surface area contributed by atoms with Gasteiger partial charge in [0.2, 0.25) is 0 Å². The van der Waals surface area contributed by atoms with Crippen LogP contribution in [-0.4, -0.2) is 39.1 Å². The van der Waals surface area contributed by atoms with Crippen molar-refractivity contribution < 1.29 is 22.8 Å². The van der Waals surface area contributed by atoms with Crippen LogP contribution in [-0.2, 0) is 15.2 Å². The summed E-state index contributed by atoms with van der Waals surface area (Å²) in [4.78, 5) is 10.5. The van der Waals surface area contributed by atoms with Crippen molar-refractivity contribution in [2.45, 2.75) is 11.8 Å². The number of nitro groups is 1. The molecule has 0 N–H and O–H groups in total. The van der Waals surface area contributed by atoms with Gasteiger partial charge in [0.25, 0.3) is 5.69 Å². The Morgan fingerprint density at radius 2 is 2.00 bits per heavy atom. The van der Waals surface area contributed by atoms with E-state index in [9.17, 15) is 18.5 Å². The van der Waals surface area contributed by atoms with Crippen LogP contribution in [0.5, 0.6) is 11.5 Å². The molecule has 9 heteroatoms. The minimum absolute atomic E-state index is 0.00308. The lowest BCUT2D eigenvalue weighted by Gasteiger charge is -2.12. The second kappa shape index (κ2) is 7.60. The topological polar surface area (TPSA) is 95.7 Å². The molecular weight excluding hydrogens is 366 g/mol. The fraction of sp³-hybridized carbons (Fsp3) is 0.500. The largest absolute Gasteiger partial charge is 0.493 e. The van der Waals surface area contributed by atoms with Gasteiger partial charge in [-0.25, -0.2) is 8.42 Å². The molecule has 0 aromatic heterocycles. The van der Waals surface area contributed by atoms with Crippen LogP contribution < -0.4 is 9.47 Å². The number of hydrogen-bond acceptors (Lipinski definition) is 6. The first-order valence-electron chi connectivity index (χ1n) is 6.00. The molecule has 1 rings (SSSR count). The average Bonchev–Trinajstić information content (AvgIpc) is 2.41. The number of rotatable bonds is 8. The van der Waals surface area contributed by atoms with E-state index in [1.54, 1.807) is 0 Å². The molecule has 21 heavy (non-hydrogen) atoms. The Kier molecular flexibility index (Phi) is 6.41. The molecule has 0 bridgehead atoms. The monoisotopic (exact) mass is 381 g/mol. The molecule has 0 atom stereocenters. The van der Waals surface area contributed by atoms with Gasteiger partial charge in [-0.15, -0.1) is 0 Å². The number of methoxy groups -OCH3 is 1. The van der Waals surface area contributed by atoms with Crippen LogP contribution in [0.3, 0.4) is 0 Å². The third-order valence-electron chi connectivity index (χ3n) is 2.62. The van der Waals surface area contributed by atoms with E-state index in [2.05, 4.69) is 15.9 Å². The van der Waals surface area contributed by atoms with Crippen LogP contribution in [0.15, 0.2) is 12.1 Å². The summed E-state index contributed by atoms with van der Waals surface area (Å²) in [6, 6.07) is 2.81. The summed E-state index contributed by atoms with van der Waals surface area (Å²) in [5.41, 5.74) is 0.395. The maximum atomic E-state index is 11.0. The van der Waals surface area contributed by atoms with Crippen LogP contribution in [0.1, 0.15) is 12.0 Å². The molecule has 1 aromatic carbocycles. The summed E-state index contributed by atoms with van der Waals surface area (Å²) in [5.74, 6) is 0.591. The number of nitro benzene ring substituents is 1. The van der Waals surface area contributed by atoms with Gasteiger partial charge in [0.05, 0.1) is 30.5 Å². The van der Waals surface area contributed by atoms with Crippen LogP contribution in [0.25, 0.3) is 0 Å². The molecule has 0 amide bonds. The van der Waals surface area contributed by atoms with Crippen molar-refractivity contribution >= 4 is 31.5 Å². The van der Waals surface area contributed by atoms with Crippen LogP contribution in [0, 0.1) is 10.1 Å². The third-order valence-corrected chi connectivity index (χ3v) is 4.26. The van der Waals surface area contributed by atoms with Gasteiger partial charge in [0.1, 0.15) is 9.84 Å². The third kappa shape index (κ3) is 5.50. The molecule has 118 valence electrons. The van der Waals surface area contributed by atoms with E-state index in [0.717, 1.165) is 6.26 Å². The number of hydrogen-bond donors (Lipinski definition) is 0. The molecule has 0 aliphatic rings. The van der Waals surface area contributed by atoms with Crippen molar-refractivity contribution in [1.29, 1.82) is 0 Å². The molecule has 7 nitrogen and oxygen atoms in total. The highest BCUT2D eigenvalue weighted by molar-refractivity contribution is 9.08. The quantitative estimate of drug-likeness (QED) is 0.296. The van der Waals surface area contributed by atoms with E-state index >= 15 is 0 Å². The standard InChI is InChI=1S/C12H16BrNO6S/c1-19-11-6-9(8-13)10(14(15)16)7-12(11)20-4-3-5-21(2,17)18/h6-7H,3-5,8H2,1-2H3. The first kappa shape index (κ1) is 17.7. The van der Waals surface area contributed by atoms with Crippen molar-refractivity contribution in [3.63, 3.8) is 0 Å². The Morgan fingerprint density at radius 1 is 1.33 bits per heavy atom. The van der Waals surface area contributed by atoms with E-state index in [-0.39, 0.29) is 23.8 Å². The highest BCUT2D eigenvalue weighted by Crippen LogP contribution is 2.35. The summed E-state index contributed by atoms with van der Waals surface area (Å²) in [7, 11) is -1.62. The highest BCUT2D eigenvalue weighted by Gasteiger charge is 2.19. The van der Waals surface area contributed by atoms with Crippen LogP contribution in [0.4, 0.5) is 5.69 Å². The Morgan fingerprint density at radius 3 is 2.48 bits per heavy atom. The Hall–Kier alpha value is -1.35. The fourth-order valence-corrected chi connectivity index (χ4v) is 2.74. The number of alkyl halides is 1. The van der Waals surface area contributed by atoms with E-state index in [1.807, 2.05) is 0 Å². The number of halogens is 1. The van der Waals surface area contributed by atoms with E-state index in [0.29, 0.717) is 23.1 Å². The average molecular weight is 382 g/mol. The number of sulfone groups is 1. The van der Waals surface area contributed by atoms with Gasteiger partial charge < -0.3 is 9.47 Å². The molecular formula is C12H16BrNO6S. The predicted octanol–water partition coefficient (Wildman–Crippen LogP) is 2.31. The summed E-state index contributed by atoms with van der Waals surface area (Å²) in [5, 5.41) is 11.3. The summed E-state index contributed by atoms with van der Waals surface area (Å²) in [6.45, 7) is 0.133. The fourth-order valence-electron chi connectivity index (χ4n) is 1.64. The van der Waals surface area contributed by atoms with Gasteiger partial charge in [-0.05, 0) is 12.5 Å². The molecule has 0 saturated carbocycles. The lowest BCUT2D eigenvalue weighted by Crippen LogP contribution is -2.08. The van der Waals surface area contributed by atoms with Crippen LogP contribution in [0.2, 0.25) is 0 Å². The molecule has 0 saturated heterocycles. The maximum absolute atomic E-state index is 11.0. The van der Waals surface area contributed by atoms with Gasteiger partial charge in [-0.3, -0.25) is 10.1 Å². The van der Waals surface area contributed by atoms with Gasteiger partial charge in [0.15, 0.2) is 11.5 Å². The van der Waals surface area contributed by atoms with Crippen molar-refractivity contribution in [3.8, 4) is 11.5 Å². The van der Waals surface area contributed by atoms with Gasteiger partial charge in [-0.2, -0.15) is 0 Å². The van der Waals surface area contributed by atoms with Crippen molar-refractivity contribution in [3.05, 3.63) is 27.8 Å². The molecule has 0 spiro atoms. The van der Waals surface area contributed by atoms with Crippen LogP contribution >= 0.6 is 15.9 Å². The lowest BCUT2D eigenvalue weighted by atomic mass is 10.2. The Balaban J connectivity index is 2.90. The highest BCUT2D eigenvalue weighted by atomic mass is 79.9. The first-order valence-corrected chi connectivity index (χ1v) is 9.18. The zero-order valence-corrected chi connectivity index (χ0v) is 14.1. The minimum Gasteiger partial charge on any atom is -0.493 e. The SMILES string of the molecule is COc1cc(CBr)c([N+](=O)[O-])cc1OCCCS(C)(=O)=O. The van der Waals surface area contributed by atoms with E-state index in [1.165, 1.54) is 19.2 Å². The summed E-state index contributed by atoms with van der Waals surface area (Å²) >= 11 is 3.18. The number of ether oxygens (including phenoxy) is 2. The Bertz CT molecular complexity index is 616. The number of nitrogens with zero attached hydrogens (tertiary/aromatic N) is 1. The molecule has 1 aromatic rings. The normalized spacial score (nSPS) is 11.2. The second-order valence-corrected chi connectivity index (χ2v) is 7.17. The molecule has 0 radical (unpaired) electrons. The molecule has 0 heterocycles. The van der Waals surface area contributed by atoms with E-state index < -0.39 is 14.8 Å². The predicted molar refractivity (Wildman–Crippen MR) is 82.1 cm³/mol. The summed E-state index contributed by atoms with van der Waals surface area (Å²) in [6.07, 6.45) is 1.44. The van der Waals surface area contributed by atoms with Crippen molar-refractivity contribution in [2.24, 2.45) is 0 Å².